The third kappa shape index (κ3) is 3.68. The minimum Gasteiger partial charge on any atom is -0.489 e. The Morgan fingerprint density at radius 1 is 1.39 bits per heavy atom. The summed E-state index contributed by atoms with van der Waals surface area (Å²) in [6, 6.07) is 1.13. The largest absolute Gasteiger partial charge is 0.489 e. The van der Waals surface area contributed by atoms with Crippen LogP contribution in [-0.4, -0.2) is 15.0 Å². The molecule has 0 saturated carbocycles. The van der Waals surface area contributed by atoms with Gasteiger partial charge in [0.2, 0.25) is 10.0 Å². The molecule has 0 atom stereocenters. The average molecular weight is 275 g/mol. The fourth-order valence-corrected chi connectivity index (χ4v) is 1.93. The maximum Gasteiger partial charge on any atom is 0.241 e. The smallest absolute Gasteiger partial charge is 0.241 e. The maximum absolute atomic E-state index is 13.4. The summed E-state index contributed by atoms with van der Waals surface area (Å²) in [7, 11) is -4.27. The molecule has 1 rings (SSSR count). The number of sulfonamides is 1. The first kappa shape index (κ1) is 14.4. The Labute approximate surface area is 104 Å². The monoisotopic (exact) mass is 275 g/mol. The van der Waals surface area contributed by atoms with Crippen LogP contribution in [0, 0.1) is 24.0 Å². The van der Waals surface area contributed by atoms with Gasteiger partial charge in [0.25, 0.3) is 0 Å². The van der Waals surface area contributed by atoms with Crippen molar-refractivity contribution in [1.82, 2.24) is 0 Å². The van der Waals surface area contributed by atoms with E-state index in [1.807, 2.05) is 0 Å². The molecule has 1 aromatic rings. The van der Waals surface area contributed by atoms with Gasteiger partial charge in [-0.2, -0.15) is 0 Å². The topological polar surface area (TPSA) is 69.4 Å². The van der Waals surface area contributed by atoms with Gasteiger partial charge in [-0.3, -0.25) is 0 Å². The summed E-state index contributed by atoms with van der Waals surface area (Å²) in [4.78, 5) is -0.722. The van der Waals surface area contributed by atoms with E-state index in [1.54, 1.807) is 0 Å². The summed E-state index contributed by atoms with van der Waals surface area (Å²) in [5.41, 5.74) is 0. The number of hydrogen-bond donors (Lipinski definition) is 1. The summed E-state index contributed by atoms with van der Waals surface area (Å²) in [5, 5.41) is 4.85. The number of terminal acetylenes is 1. The zero-order valence-corrected chi connectivity index (χ0v) is 10.1. The lowest BCUT2D eigenvalue weighted by Gasteiger charge is -2.10. The minimum absolute atomic E-state index is 0.00920. The summed E-state index contributed by atoms with van der Waals surface area (Å²) in [6.07, 6.45) is 5.82. The zero-order chi connectivity index (χ0) is 13.8. The van der Waals surface area contributed by atoms with Crippen molar-refractivity contribution in [2.45, 2.75) is 17.7 Å². The van der Waals surface area contributed by atoms with Crippen molar-refractivity contribution in [1.29, 1.82) is 0 Å². The molecule has 0 amide bonds. The number of rotatable bonds is 5. The van der Waals surface area contributed by atoms with Crippen LogP contribution in [0.5, 0.6) is 5.75 Å². The molecule has 0 aliphatic carbocycles. The normalized spacial score (nSPS) is 11.0. The molecule has 0 radical (unpaired) electrons. The van der Waals surface area contributed by atoms with E-state index in [0.29, 0.717) is 25.0 Å². The van der Waals surface area contributed by atoms with Crippen LogP contribution in [0.2, 0.25) is 0 Å². The Morgan fingerprint density at radius 2 is 2.06 bits per heavy atom. The standard InChI is InChI=1S/C11H11F2NO3S/c1-2-3-4-5-17-11-9(13)6-8(12)7-10(11)18(14,15)16/h1,6-7H,3-5H2,(H2,14,15,16). The predicted octanol–water partition coefficient (Wildman–Crippen LogP) is 1.40. The van der Waals surface area contributed by atoms with E-state index in [0.717, 1.165) is 0 Å². The van der Waals surface area contributed by atoms with Crippen LogP contribution in [0.3, 0.4) is 0 Å². The summed E-state index contributed by atoms with van der Waals surface area (Å²) >= 11 is 0. The fraction of sp³-hybridized carbons (Fsp3) is 0.273. The molecule has 18 heavy (non-hydrogen) atoms. The number of hydrogen-bond acceptors (Lipinski definition) is 3. The Balaban J connectivity index is 3.06. The summed E-state index contributed by atoms with van der Waals surface area (Å²) < 4.78 is 53.7. The molecular weight excluding hydrogens is 264 g/mol. The second-order valence-corrected chi connectivity index (χ2v) is 4.95. The van der Waals surface area contributed by atoms with Gasteiger partial charge in [-0.05, 0) is 12.5 Å². The third-order valence-electron chi connectivity index (χ3n) is 1.99. The first-order chi connectivity index (χ1) is 8.36. The molecule has 4 nitrogen and oxygen atoms in total. The van der Waals surface area contributed by atoms with Crippen LogP contribution in [0.25, 0.3) is 0 Å². The number of halogens is 2. The number of nitrogens with two attached hydrogens (primary N) is 1. The summed E-state index contributed by atoms with van der Waals surface area (Å²) in [6.45, 7) is 0.00920. The SMILES string of the molecule is C#CCCCOc1c(F)cc(F)cc1S(N)(=O)=O. The van der Waals surface area contributed by atoms with Crippen molar-refractivity contribution >= 4 is 10.0 Å². The minimum atomic E-state index is -4.27. The molecule has 0 aromatic heterocycles. The Morgan fingerprint density at radius 3 is 2.61 bits per heavy atom. The number of unbranched alkanes of at least 4 members (excludes halogenated alkanes) is 1. The summed E-state index contributed by atoms with van der Waals surface area (Å²) in [5.74, 6) is -0.415. The molecule has 0 unspecified atom stereocenters. The van der Waals surface area contributed by atoms with E-state index in [2.05, 4.69) is 5.92 Å². The van der Waals surface area contributed by atoms with Gasteiger partial charge in [-0.15, -0.1) is 12.3 Å². The Kier molecular flexibility index (Phi) is 4.64. The number of ether oxygens (including phenoxy) is 1. The zero-order valence-electron chi connectivity index (χ0n) is 9.32. The molecule has 7 heteroatoms. The van der Waals surface area contributed by atoms with Crippen molar-refractivity contribution in [3.63, 3.8) is 0 Å². The highest BCUT2D eigenvalue weighted by Crippen LogP contribution is 2.27. The van der Waals surface area contributed by atoms with Crippen LogP contribution in [0.4, 0.5) is 8.78 Å². The van der Waals surface area contributed by atoms with Gasteiger partial charge < -0.3 is 4.74 Å². The van der Waals surface area contributed by atoms with Crippen LogP contribution < -0.4 is 9.88 Å². The van der Waals surface area contributed by atoms with Gasteiger partial charge in [-0.1, -0.05) is 0 Å². The molecular formula is C11H11F2NO3S. The van der Waals surface area contributed by atoms with E-state index < -0.39 is 32.3 Å². The third-order valence-corrected chi connectivity index (χ3v) is 2.91. The van der Waals surface area contributed by atoms with Gasteiger partial charge >= 0.3 is 0 Å². The first-order valence-electron chi connectivity index (χ1n) is 4.94. The van der Waals surface area contributed by atoms with E-state index in [4.69, 9.17) is 16.3 Å². The Bertz CT molecular complexity index is 579. The number of primary sulfonamides is 1. The van der Waals surface area contributed by atoms with Gasteiger partial charge in [0.1, 0.15) is 10.7 Å². The van der Waals surface area contributed by atoms with Crippen LogP contribution >= 0.6 is 0 Å². The lowest BCUT2D eigenvalue weighted by Crippen LogP contribution is -2.15. The highest BCUT2D eigenvalue weighted by molar-refractivity contribution is 7.89. The molecule has 98 valence electrons. The highest BCUT2D eigenvalue weighted by atomic mass is 32.2. The molecule has 0 fully saturated rings. The van der Waals surface area contributed by atoms with E-state index >= 15 is 0 Å². The van der Waals surface area contributed by atoms with Crippen molar-refractivity contribution in [3.05, 3.63) is 23.8 Å². The quantitative estimate of drug-likeness (QED) is 0.652. The number of benzene rings is 1. The average Bonchev–Trinajstić information content (AvgIpc) is 2.24. The van der Waals surface area contributed by atoms with Gasteiger partial charge in [-0.25, -0.2) is 22.3 Å². The second-order valence-electron chi connectivity index (χ2n) is 3.42. The van der Waals surface area contributed by atoms with Crippen molar-refractivity contribution in [3.8, 4) is 18.1 Å². The lowest BCUT2D eigenvalue weighted by molar-refractivity contribution is 0.287. The van der Waals surface area contributed by atoms with Gasteiger partial charge in [0.15, 0.2) is 11.6 Å². The molecule has 0 aliphatic heterocycles. The molecule has 0 saturated heterocycles. The molecule has 0 bridgehead atoms. The van der Waals surface area contributed by atoms with E-state index in [1.165, 1.54) is 0 Å². The molecule has 2 N–H and O–H groups in total. The second kappa shape index (κ2) is 5.80. The lowest BCUT2D eigenvalue weighted by atomic mass is 10.3. The van der Waals surface area contributed by atoms with Gasteiger partial charge in [0, 0.05) is 12.5 Å². The van der Waals surface area contributed by atoms with Crippen LogP contribution in [0.15, 0.2) is 17.0 Å². The van der Waals surface area contributed by atoms with Crippen molar-refractivity contribution in [2.24, 2.45) is 5.14 Å². The molecule has 0 heterocycles. The molecule has 0 spiro atoms. The maximum atomic E-state index is 13.4. The molecule has 1 aromatic carbocycles. The predicted molar refractivity (Wildman–Crippen MR) is 61.3 cm³/mol. The van der Waals surface area contributed by atoms with Crippen molar-refractivity contribution < 1.29 is 21.9 Å². The first-order valence-corrected chi connectivity index (χ1v) is 6.49. The fourth-order valence-electron chi connectivity index (χ4n) is 1.24. The van der Waals surface area contributed by atoms with E-state index in [9.17, 15) is 17.2 Å². The highest BCUT2D eigenvalue weighted by Gasteiger charge is 2.21. The van der Waals surface area contributed by atoms with Gasteiger partial charge in [0.05, 0.1) is 6.61 Å². The molecule has 0 aliphatic rings. The Hall–Kier alpha value is -1.65. The van der Waals surface area contributed by atoms with Crippen LogP contribution in [-0.2, 0) is 10.0 Å². The van der Waals surface area contributed by atoms with Crippen molar-refractivity contribution in [2.75, 3.05) is 6.61 Å². The van der Waals surface area contributed by atoms with E-state index in [-0.39, 0.29) is 6.61 Å². The van der Waals surface area contributed by atoms with Crippen LogP contribution in [0.1, 0.15) is 12.8 Å².